The van der Waals surface area contributed by atoms with E-state index in [1.807, 2.05) is 0 Å². The minimum absolute atomic E-state index is 1.13. The molecule has 0 N–H and O–H groups in total. The van der Waals surface area contributed by atoms with Crippen LogP contribution in [0, 0.1) is 6.92 Å². The molecule has 1 aromatic carbocycles. The Morgan fingerprint density at radius 3 is 2.58 bits per heavy atom. The van der Waals surface area contributed by atoms with Gasteiger partial charge < -0.3 is 0 Å². The van der Waals surface area contributed by atoms with Crippen molar-refractivity contribution in [2.24, 2.45) is 0 Å². The standard InChI is InChI=1S/C12H16/c1-4-10(2)9-12-8-6-5-7-11(12)3/h5-9H,4H2,1-3H3. The predicted octanol–water partition coefficient (Wildman–Crippen LogP) is 3.81. The second-order valence-corrected chi connectivity index (χ2v) is 3.20. The number of hydrogen-bond donors (Lipinski definition) is 0. The van der Waals surface area contributed by atoms with Gasteiger partial charge in [0.1, 0.15) is 0 Å². The first-order valence-corrected chi connectivity index (χ1v) is 4.47. The lowest BCUT2D eigenvalue weighted by Gasteiger charge is -2.00. The van der Waals surface area contributed by atoms with Crippen molar-refractivity contribution in [1.82, 2.24) is 0 Å². The summed E-state index contributed by atoms with van der Waals surface area (Å²) in [6, 6.07) is 8.47. The Morgan fingerprint density at radius 2 is 2.00 bits per heavy atom. The molecule has 1 rings (SSSR count). The smallest absolute Gasteiger partial charge is 0.0228 e. The number of aryl methyl sites for hydroxylation is 1. The minimum Gasteiger partial charge on any atom is -0.0730 e. The van der Waals surface area contributed by atoms with Crippen LogP contribution in [-0.4, -0.2) is 0 Å². The fourth-order valence-corrected chi connectivity index (χ4v) is 1.12. The average molecular weight is 160 g/mol. The Labute approximate surface area is 74.9 Å². The Bertz CT molecular complexity index is 282. The highest BCUT2D eigenvalue weighted by Gasteiger charge is 1.92. The molecular weight excluding hydrogens is 144 g/mol. The molecule has 0 radical (unpaired) electrons. The van der Waals surface area contributed by atoms with Crippen LogP contribution in [0.25, 0.3) is 6.08 Å². The van der Waals surface area contributed by atoms with E-state index in [9.17, 15) is 0 Å². The number of benzene rings is 1. The molecule has 0 amide bonds. The van der Waals surface area contributed by atoms with Gasteiger partial charge in [-0.25, -0.2) is 0 Å². The maximum atomic E-state index is 2.26. The SMILES string of the molecule is CCC(C)=Cc1ccccc1C. The quantitative estimate of drug-likeness (QED) is 0.617. The van der Waals surface area contributed by atoms with Crippen LogP contribution >= 0.6 is 0 Å². The summed E-state index contributed by atoms with van der Waals surface area (Å²) in [5.74, 6) is 0. The van der Waals surface area contributed by atoms with Crippen molar-refractivity contribution >= 4 is 6.08 Å². The monoisotopic (exact) mass is 160 g/mol. The lowest BCUT2D eigenvalue weighted by Crippen LogP contribution is -1.80. The molecule has 64 valence electrons. The molecule has 0 nitrogen and oxygen atoms in total. The van der Waals surface area contributed by atoms with Gasteiger partial charge >= 0.3 is 0 Å². The Hall–Kier alpha value is -1.04. The highest BCUT2D eigenvalue weighted by atomic mass is 14.0. The molecule has 0 saturated heterocycles. The van der Waals surface area contributed by atoms with E-state index in [4.69, 9.17) is 0 Å². The third-order valence-corrected chi connectivity index (χ3v) is 2.15. The Morgan fingerprint density at radius 1 is 1.33 bits per heavy atom. The van der Waals surface area contributed by atoms with Crippen LogP contribution in [0.4, 0.5) is 0 Å². The third-order valence-electron chi connectivity index (χ3n) is 2.15. The van der Waals surface area contributed by atoms with Crippen molar-refractivity contribution in [2.45, 2.75) is 27.2 Å². The lowest BCUT2D eigenvalue weighted by molar-refractivity contribution is 1.11. The van der Waals surface area contributed by atoms with Crippen molar-refractivity contribution < 1.29 is 0 Å². The number of rotatable bonds is 2. The second kappa shape index (κ2) is 4.10. The zero-order chi connectivity index (χ0) is 8.97. The molecule has 0 aromatic heterocycles. The molecule has 0 atom stereocenters. The maximum Gasteiger partial charge on any atom is -0.0228 e. The van der Waals surface area contributed by atoms with E-state index in [-0.39, 0.29) is 0 Å². The van der Waals surface area contributed by atoms with Gasteiger partial charge in [-0.15, -0.1) is 0 Å². The third kappa shape index (κ3) is 2.23. The molecule has 1 aromatic rings. The molecule has 0 heterocycles. The summed E-state index contributed by atoms with van der Waals surface area (Å²) < 4.78 is 0. The van der Waals surface area contributed by atoms with E-state index < -0.39 is 0 Å². The summed E-state index contributed by atoms with van der Waals surface area (Å²) in [4.78, 5) is 0. The Kier molecular flexibility index (Phi) is 3.09. The van der Waals surface area contributed by atoms with Crippen LogP contribution in [0.15, 0.2) is 29.8 Å². The van der Waals surface area contributed by atoms with E-state index in [2.05, 4.69) is 51.1 Å². The lowest BCUT2D eigenvalue weighted by atomic mass is 10.1. The van der Waals surface area contributed by atoms with Crippen molar-refractivity contribution in [1.29, 1.82) is 0 Å². The molecular formula is C12H16. The van der Waals surface area contributed by atoms with Crippen LogP contribution in [-0.2, 0) is 0 Å². The summed E-state index contributed by atoms with van der Waals surface area (Å²) in [7, 11) is 0. The van der Waals surface area contributed by atoms with Crippen LogP contribution < -0.4 is 0 Å². The Balaban J connectivity index is 2.96. The number of hydrogen-bond acceptors (Lipinski definition) is 0. The van der Waals surface area contributed by atoms with Gasteiger partial charge in [0.2, 0.25) is 0 Å². The van der Waals surface area contributed by atoms with E-state index in [1.54, 1.807) is 0 Å². The van der Waals surface area contributed by atoms with Gasteiger partial charge in [0, 0.05) is 0 Å². The van der Waals surface area contributed by atoms with Crippen LogP contribution in [0.3, 0.4) is 0 Å². The summed E-state index contributed by atoms with van der Waals surface area (Å²) >= 11 is 0. The van der Waals surface area contributed by atoms with Crippen molar-refractivity contribution in [3.8, 4) is 0 Å². The predicted molar refractivity (Wildman–Crippen MR) is 55.1 cm³/mol. The normalized spacial score (nSPS) is 11.8. The van der Waals surface area contributed by atoms with Gasteiger partial charge in [-0.1, -0.05) is 42.8 Å². The van der Waals surface area contributed by atoms with Crippen LogP contribution in [0.2, 0.25) is 0 Å². The number of allylic oxidation sites excluding steroid dienone is 1. The first kappa shape index (κ1) is 9.05. The van der Waals surface area contributed by atoms with Crippen molar-refractivity contribution in [3.63, 3.8) is 0 Å². The molecule has 0 aliphatic rings. The maximum absolute atomic E-state index is 2.26. The van der Waals surface area contributed by atoms with E-state index in [0.717, 1.165) is 6.42 Å². The van der Waals surface area contributed by atoms with Gasteiger partial charge in [-0.2, -0.15) is 0 Å². The largest absolute Gasteiger partial charge is 0.0730 e. The van der Waals surface area contributed by atoms with Crippen molar-refractivity contribution in [2.75, 3.05) is 0 Å². The first-order chi connectivity index (χ1) is 5.74. The fraction of sp³-hybridized carbons (Fsp3) is 0.333. The minimum atomic E-state index is 1.13. The summed E-state index contributed by atoms with van der Waals surface area (Å²) in [5.41, 5.74) is 4.13. The molecule has 0 aliphatic carbocycles. The first-order valence-electron chi connectivity index (χ1n) is 4.47. The summed E-state index contributed by atoms with van der Waals surface area (Å²) in [5, 5.41) is 0. The van der Waals surface area contributed by atoms with Gasteiger partial charge in [-0.3, -0.25) is 0 Å². The molecule has 0 saturated carbocycles. The summed E-state index contributed by atoms with van der Waals surface area (Å²) in [6.45, 7) is 6.51. The zero-order valence-corrected chi connectivity index (χ0v) is 8.09. The van der Waals surface area contributed by atoms with Gasteiger partial charge in [0.05, 0.1) is 0 Å². The molecule has 0 heteroatoms. The van der Waals surface area contributed by atoms with Crippen LogP contribution in [0.1, 0.15) is 31.4 Å². The van der Waals surface area contributed by atoms with E-state index in [0.29, 0.717) is 0 Å². The average Bonchev–Trinajstić information content (AvgIpc) is 2.09. The molecule has 0 unspecified atom stereocenters. The molecule has 12 heavy (non-hydrogen) atoms. The fourth-order valence-electron chi connectivity index (χ4n) is 1.12. The molecule has 0 aliphatic heterocycles. The topological polar surface area (TPSA) is 0 Å². The molecule has 0 fully saturated rings. The highest BCUT2D eigenvalue weighted by Crippen LogP contribution is 2.12. The van der Waals surface area contributed by atoms with Gasteiger partial charge in [0.15, 0.2) is 0 Å². The van der Waals surface area contributed by atoms with Crippen LogP contribution in [0.5, 0.6) is 0 Å². The van der Waals surface area contributed by atoms with E-state index >= 15 is 0 Å². The van der Waals surface area contributed by atoms with E-state index in [1.165, 1.54) is 16.7 Å². The summed E-state index contributed by atoms with van der Waals surface area (Å²) in [6.07, 6.45) is 3.39. The highest BCUT2D eigenvalue weighted by molar-refractivity contribution is 5.55. The van der Waals surface area contributed by atoms with Gasteiger partial charge in [0.25, 0.3) is 0 Å². The van der Waals surface area contributed by atoms with Crippen molar-refractivity contribution in [3.05, 3.63) is 41.0 Å². The van der Waals surface area contributed by atoms with Gasteiger partial charge in [-0.05, 0) is 31.4 Å². The molecule has 0 bridgehead atoms. The zero-order valence-electron chi connectivity index (χ0n) is 8.09. The second-order valence-electron chi connectivity index (χ2n) is 3.20. The molecule has 0 spiro atoms.